The molecule has 3 rings (SSSR count). The van der Waals surface area contributed by atoms with Crippen molar-refractivity contribution in [1.29, 1.82) is 0 Å². The van der Waals surface area contributed by atoms with Crippen LogP contribution in [0.15, 0.2) is 0 Å². The molecule has 0 aliphatic carbocycles. The van der Waals surface area contributed by atoms with E-state index in [2.05, 4.69) is 49.9 Å². The van der Waals surface area contributed by atoms with Crippen molar-refractivity contribution in [3.63, 3.8) is 0 Å². The Labute approximate surface area is 167 Å². The van der Waals surface area contributed by atoms with Gasteiger partial charge in [-0.1, -0.05) is 6.92 Å². The molecule has 0 N–H and O–H groups in total. The van der Waals surface area contributed by atoms with Gasteiger partial charge in [0.15, 0.2) is 6.54 Å². The summed E-state index contributed by atoms with van der Waals surface area (Å²) in [6.45, 7) is 11.4. The molecule has 0 aromatic heterocycles. The van der Waals surface area contributed by atoms with E-state index < -0.39 is 0 Å². The molecule has 0 aromatic carbocycles. The number of hydrogen-bond acceptors (Lipinski definition) is 0. The first-order valence-corrected chi connectivity index (χ1v) is 11.2. The second-order valence-electron chi connectivity index (χ2n) is 9.00. The zero-order valence-corrected chi connectivity index (χ0v) is 17.7. The molecule has 0 unspecified atom stereocenters. The predicted octanol–water partition coefficient (Wildman–Crippen LogP) is 3.13. The van der Waals surface area contributed by atoms with Gasteiger partial charge >= 0.3 is 0 Å². The van der Waals surface area contributed by atoms with Crippen LogP contribution in [-0.2, 0) is 0 Å². The van der Waals surface area contributed by atoms with Gasteiger partial charge in [-0.2, -0.15) is 0 Å². The van der Waals surface area contributed by atoms with Crippen molar-refractivity contribution in [1.82, 2.24) is 0 Å². The van der Waals surface area contributed by atoms with Gasteiger partial charge in [0.05, 0.1) is 52.7 Å². The Balaban J connectivity index is 1.59. The fourth-order valence-corrected chi connectivity index (χ4v) is 4.85. The second kappa shape index (κ2) is 9.17. The molecule has 27 heavy (non-hydrogen) atoms. The molecule has 3 heterocycles. The van der Waals surface area contributed by atoms with Crippen LogP contribution in [0.1, 0.15) is 58.3 Å². The van der Waals surface area contributed by atoms with E-state index in [1.807, 2.05) is 0 Å². The molecule has 0 atom stereocenters. The van der Waals surface area contributed by atoms with E-state index in [0.717, 1.165) is 39.4 Å². The van der Waals surface area contributed by atoms with Gasteiger partial charge in [-0.15, -0.1) is 0 Å². The third-order valence-electron chi connectivity index (χ3n) is 6.60. The molecule has 0 saturated carbocycles. The molecule has 3 nitrogen and oxygen atoms in total. The molecule has 0 radical (unpaired) electrons. The van der Waals surface area contributed by atoms with E-state index in [9.17, 15) is 0 Å². The normalized spacial score (nSPS) is 24.2. The summed E-state index contributed by atoms with van der Waals surface area (Å²) in [5.74, 6) is 10.4. The van der Waals surface area contributed by atoms with E-state index in [-0.39, 0.29) is 0 Å². The monoisotopic (exact) mass is 368 g/mol. The van der Waals surface area contributed by atoms with Crippen molar-refractivity contribution in [2.45, 2.75) is 58.3 Å². The Morgan fingerprint density at radius 2 is 1.19 bits per heavy atom. The topological polar surface area (TPSA) is 0 Å². The highest BCUT2D eigenvalue weighted by atomic mass is 15.4. The summed E-state index contributed by atoms with van der Waals surface area (Å²) in [6.07, 6.45) is 9.81. The maximum atomic E-state index is 3.65. The first-order chi connectivity index (χ1) is 13.1. The Kier molecular flexibility index (Phi) is 6.89. The van der Waals surface area contributed by atoms with Crippen LogP contribution in [-0.4, -0.2) is 72.9 Å². The van der Waals surface area contributed by atoms with Gasteiger partial charge in [-0.05, 0) is 11.8 Å². The summed E-state index contributed by atoms with van der Waals surface area (Å²) >= 11 is 0. The fourth-order valence-electron chi connectivity index (χ4n) is 4.85. The van der Waals surface area contributed by atoms with Crippen molar-refractivity contribution in [3.05, 3.63) is 0 Å². The summed E-state index contributed by atoms with van der Waals surface area (Å²) in [4.78, 5) is 0. The highest BCUT2D eigenvalue weighted by molar-refractivity contribution is 5.00. The van der Waals surface area contributed by atoms with Gasteiger partial charge < -0.3 is 0 Å². The standard InChI is InChI=1S/C24H38N3/c1-3-4-17-26(18-7-8-19-26)20-9-10-21-27(22-11-12-23-27)24-13-16-25(2)14-5-6-15-25/h3,5-9,11-12,14-15,18-20,22-24H2,1-2H3/q+3. The lowest BCUT2D eigenvalue weighted by atomic mass is 10.3. The van der Waals surface area contributed by atoms with Crippen molar-refractivity contribution in [2.75, 3.05) is 59.4 Å². The van der Waals surface area contributed by atoms with Gasteiger partial charge in [0, 0.05) is 50.9 Å². The molecule has 3 aliphatic rings. The van der Waals surface area contributed by atoms with Crippen LogP contribution in [0.25, 0.3) is 0 Å². The van der Waals surface area contributed by atoms with Crippen LogP contribution in [0, 0.1) is 35.9 Å². The Hall–Kier alpha value is -1.44. The SMILES string of the molecule is CCC#C[N+]1(CCC#C[N+]2(CC#C[N+]3(C)CCCC3)CCCC2)CCCC1. The third-order valence-corrected chi connectivity index (χ3v) is 6.60. The van der Waals surface area contributed by atoms with Crippen molar-refractivity contribution >= 4 is 0 Å². The van der Waals surface area contributed by atoms with Gasteiger partial charge in [-0.3, -0.25) is 0 Å². The predicted molar refractivity (Wildman–Crippen MR) is 112 cm³/mol. The van der Waals surface area contributed by atoms with Crippen LogP contribution < -0.4 is 0 Å². The van der Waals surface area contributed by atoms with Crippen molar-refractivity contribution in [2.24, 2.45) is 0 Å². The molecule has 0 aromatic rings. The Morgan fingerprint density at radius 3 is 1.81 bits per heavy atom. The van der Waals surface area contributed by atoms with E-state index in [0.29, 0.717) is 0 Å². The lowest BCUT2D eigenvalue weighted by Crippen LogP contribution is -2.42. The Morgan fingerprint density at radius 1 is 0.630 bits per heavy atom. The van der Waals surface area contributed by atoms with E-state index in [1.54, 1.807) is 0 Å². The minimum absolute atomic E-state index is 0.910. The smallest absolute Gasteiger partial charge is 0.158 e. The van der Waals surface area contributed by atoms with Crippen LogP contribution in [0.2, 0.25) is 0 Å². The van der Waals surface area contributed by atoms with Gasteiger partial charge in [0.2, 0.25) is 0 Å². The molecule has 146 valence electrons. The molecule has 3 heteroatoms. The summed E-state index contributed by atoms with van der Waals surface area (Å²) in [6, 6.07) is 10.7. The lowest BCUT2D eigenvalue weighted by molar-refractivity contribution is -0.851. The van der Waals surface area contributed by atoms with E-state index in [4.69, 9.17) is 0 Å². The van der Waals surface area contributed by atoms with Gasteiger partial charge in [0.25, 0.3) is 0 Å². The first kappa shape index (κ1) is 20.3. The zero-order chi connectivity index (χ0) is 19.1. The fraction of sp³-hybridized carbons (Fsp3) is 0.750. The summed E-state index contributed by atoms with van der Waals surface area (Å²) < 4.78 is 2.84. The molecule has 0 bridgehead atoms. The number of nitrogens with zero attached hydrogens (tertiary/aromatic N) is 3. The third kappa shape index (κ3) is 5.53. The van der Waals surface area contributed by atoms with Gasteiger partial charge in [0.1, 0.15) is 24.7 Å². The minimum atomic E-state index is 0.910. The average molecular weight is 369 g/mol. The quantitative estimate of drug-likeness (QED) is 0.530. The molecule has 3 saturated heterocycles. The average Bonchev–Trinajstić information content (AvgIpc) is 3.40. The highest BCUT2D eigenvalue weighted by Crippen LogP contribution is 2.20. The molecular weight excluding hydrogens is 330 g/mol. The molecule has 3 aliphatic heterocycles. The molecule has 0 amide bonds. The summed E-state index contributed by atoms with van der Waals surface area (Å²) in [5, 5.41) is 0. The van der Waals surface area contributed by atoms with Gasteiger partial charge in [-0.25, -0.2) is 13.4 Å². The summed E-state index contributed by atoms with van der Waals surface area (Å²) in [7, 11) is 2.29. The molecule has 0 spiro atoms. The van der Waals surface area contributed by atoms with Crippen molar-refractivity contribution < 1.29 is 13.4 Å². The maximum Gasteiger partial charge on any atom is 0.158 e. The van der Waals surface area contributed by atoms with Crippen molar-refractivity contribution in [3.8, 4) is 35.9 Å². The zero-order valence-electron chi connectivity index (χ0n) is 17.7. The second-order valence-corrected chi connectivity index (χ2v) is 9.00. The van der Waals surface area contributed by atoms with Crippen LogP contribution in [0.5, 0.6) is 0 Å². The van der Waals surface area contributed by atoms with Crippen LogP contribution in [0.4, 0.5) is 0 Å². The number of rotatable bonds is 3. The number of hydrogen-bond donors (Lipinski definition) is 0. The Bertz CT molecular complexity index is 670. The van der Waals surface area contributed by atoms with Crippen LogP contribution in [0.3, 0.4) is 0 Å². The lowest BCUT2D eigenvalue weighted by Gasteiger charge is -2.26. The molecular formula is C24H38N3+3. The maximum absolute atomic E-state index is 3.65. The minimum Gasteiger partial charge on any atom is -0.249 e. The first-order valence-electron chi connectivity index (χ1n) is 11.2. The highest BCUT2D eigenvalue weighted by Gasteiger charge is 2.32. The largest absolute Gasteiger partial charge is 0.249 e. The van der Waals surface area contributed by atoms with E-state index >= 15 is 0 Å². The van der Waals surface area contributed by atoms with E-state index in [1.165, 1.54) is 77.8 Å². The van der Waals surface area contributed by atoms with Crippen LogP contribution >= 0.6 is 0 Å². The summed E-state index contributed by atoms with van der Waals surface area (Å²) in [5.41, 5.74) is 0. The number of likely N-dealkylation sites (tertiary alicyclic amines) is 3. The number of quaternary nitrogens is 3. The molecule has 3 fully saturated rings.